The molecule has 5 heteroatoms. The zero-order chi connectivity index (χ0) is 12.3. The number of likely N-dealkylation sites (tertiary alicyclic amines) is 1. The monoisotopic (exact) mass is 255 g/mol. The minimum atomic E-state index is 0.139. The summed E-state index contributed by atoms with van der Waals surface area (Å²) < 4.78 is 0. The molecule has 1 heterocycles. The van der Waals surface area contributed by atoms with Gasteiger partial charge >= 0.3 is 0 Å². The summed E-state index contributed by atoms with van der Waals surface area (Å²) in [6.45, 7) is 3.17. The number of hydrogen-bond donors (Lipinski definition) is 2. The van der Waals surface area contributed by atoms with Gasteiger partial charge in [0.2, 0.25) is 5.91 Å². The van der Waals surface area contributed by atoms with E-state index in [1.54, 1.807) is 0 Å². The molecule has 2 rings (SSSR count). The lowest BCUT2D eigenvalue weighted by Gasteiger charge is -2.31. The van der Waals surface area contributed by atoms with Crippen LogP contribution in [0.2, 0.25) is 0 Å². The fourth-order valence-electron chi connectivity index (χ4n) is 2.27. The molecule has 3 N–H and O–H groups in total. The highest BCUT2D eigenvalue weighted by Gasteiger charge is 2.25. The predicted molar refractivity (Wildman–Crippen MR) is 71.7 cm³/mol. The van der Waals surface area contributed by atoms with Gasteiger partial charge in [-0.05, 0) is 38.1 Å². The summed E-state index contributed by atoms with van der Waals surface area (Å²) >= 11 is 5.03. The third kappa shape index (κ3) is 4.24. The highest BCUT2D eigenvalue weighted by atomic mass is 32.1. The van der Waals surface area contributed by atoms with Gasteiger partial charge in [-0.3, -0.25) is 9.69 Å². The van der Waals surface area contributed by atoms with E-state index in [0.29, 0.717) is 11.5 Å². The Morgan fingerprint density at radius 2 is 2.18 bits per heavy atom. The summed E-state index contributed by atoms with van der Waals surface area (Å²) in [5, 5.41) is 2.99. The van der Waals surface area contributed by atoms with Crippen LogP contribution in [0, 0.1) is 11.8 Å². The van der Waals surface area contributed by atoms with Crippen molar-refractivity contribution in [2.24, 2.45) is 17.6 Å². The molecule has 1 saturated heterocycles. The molecule has 17 heavy (non-hydrogen) atoms. The molecule has 0 spiro atoms. The molecule has 2 fully saturated rings. The molecule has 4 nitrogen and oxygen atoms in total. The van der Waals surface area contributed by atoms with E-state index in [0.717, 1.165) is 38.4 Å². The number of nitrogens with zero attached hydrogens (tertiary/aromatic N) is 1. The molecular formula is C12H21N3OS. The summed E-state index contributed by atoms with van der Waals surface area (Å²) in [5.41, 5.74) is 5.67. The summed E-state index contributed by atoms with van der Waals surface area (Å²) in [7, 11) is 0. The number of nitrogens with two attached hydrogens (primary N) is 1. The second-order valence-corrected chi connectivity index (χ2v) is 5.70. The molecule has 0 aromatic carbocycles. The fourth-order valence-corrected chi connectivity index (χ4v) is 2.46. The first kappa shape index (κ1) is 12.8. The Labute approximate surface area is 108 Å². The lowest BCUT2D eigenvalue weighted by molar-refractivity contribution is -0.122. The molecule has 0 bridgehead atoms. The van der Waals surface area contributed by atoms with Crippen LogP contribution < -0.4 is 11.1 Å². The average Bonchev–Trinajstić information content (AvgIpc) is 3.10. The van der Waals surface area contributed by atoms with Crippen molar-refractivity contribution in [2.45, 2.75) is 25.7 Å². The van der Waals surface area contributed by atoms with E-state index in [2.05, 4.69) is 10.2 Å². The van der Waals surface area contributed by atoms with E-state index in [1.165, 1.54) is 12.8 Å². The van der Waals surface area contributed by atoms with E-state index in [9.17, 15) is 4.79 Å². The van der Waals surface area contributed by atoms with E-state index in [-0.39, 0.29) is 11.8 Å². The van der Waals surface area contributed by atoms with Crippen LogP contribution >= 0.6 is 12.2 Å². The van der Waals surface area contributed by atoms with Crippen molar-refractivity contribution < 1.29 is 4.79 Å². The maximum Gasteiger partial charge on any atom is 0.234 e. The van der Waals surface area contributed by atoms with Crippen molar-refractivity contribution in [3.8, 4) is 0 Å². The number of hydrogen-bond acceptors (Lipinski definition) is 3. The third-order valence-corrected chi connectivity index (χ3v) is 3.89. The molecule has 1 unspecified atom stereocenters. The maximum atomic E-state index is 11.7. The van der Waals surface area contributed by atoms with Crippen molar-refractivity contribution in [2.75, 3.05) is 26.2 Å². The zero-order valence-corrected chi connectivity index (χ0v) is 11.0. The summed E-state index contributed by atoms with van der Waals surface area (Å²) in [5.74, 6) is 1.17. The van der Waals surface area contributed by atoms with E-state index >= 15 is 0 Å². The van der Waals surface area contributed by atoms with E-state index < -0.39 is 0 Å². The van der Waals surface area contributed by atoms with Crippen LogP contribution in [-0.4, -0.2) is 42.0 Å². The fraction of sp³-hybridized carbons (Fsp3) is 0.833. The number of piperidine rings is 1. The number of carbonyl (C=O) groups is 1. The molecule has 1 aliphatic heterocycles. The molecule has 0 radical (unpaired) electrons. The standard InChI is InChI=1S/C12H21N3OS/c13-12(17)10-2-1-5-15(7-10)8-11(16)14-6-9-3-4-9/h9-10H,1-8H2,(H2,13,17)(H,14,16). The van der Waals surface area contributed by atoms with Crippen molar-refractivity contribution in [3.05, 3.63) is 0 Å². The molecule has 2 aliphatic rings. The van der Waals surface area contributed by atoms with Gasteiger partial charge in [0.05, 0.1) is 11.5 Å². The Hall–Kier alpha value is -0.680. The lowest BCUT2D eigenvalue weighted by atomic mass is 9.98. The van der Waals surface area contributed by atoms with Gasteiger partial charge in [-0.15, -0.1) is 0 Å². The van der Waals surface area contributed by atoms with Crippen LogP contribution in [0.25, 0.3) is 0 Å². The first-order valence-corrected chi connectivity index (χ1v) is 6.84. The highest BCUT2D eigenvalue weighted by molar-refractivity contribution is 7.80. The molecule has 0 aromatic heterocycles. The molecule has 96 valence electrons. The van der Waals surface area contributed by atoms with Crippen LogP contribution in [0.4, 0.5) is 0 Å². The Kier molecular flexibility index (Phi) is 4.34. The zero-order valence-electron chi connectivity index (χ0n) is 10.2. The van der Waals surface area contributed by atoms with Gasteiger partial charge in [0, 0.05) is 19.0 Å². The maximum absolute atomic E-state index is 11.7. The quantitative estimate of drug-likeness (QED) is 0.703. The molecule has 1 atom stereocenters. The van der Waals surface area contributed by atoms with Crippen LogP contribution in [0.1, 0.15) is 25.7 Å². The van der Waals surface area contributed by atoms with Gasteiger partial charge in [0.15, 0.2) is 0 Å². The van der Waals surface area contributed by atoms with Crippen molar-refractivity contribution in [1.29, 1.82) is 0 Å². The van der Waals surface area contributed by atoms with Gasteiger partial charge in [-0.1, -0.05) is 12.2 Å². The second kappa shape index (κ2) is 5.78. The predicted octanol–water partition coefficient (Wildman–Crippen LogP) is 0.511. The van der Waals surface area contributed by atoms with Gasteiger partial charge in [0.1, 0.15) is 0 Å². The molecule has 1 amide bonds. The minimum Gasteiger partial charge on any atom is -0.393 e. The minimum absolute atomic E-state index is 0.139. The van der Waals surface area contributed by atoms with Crippen LogP contribution in [-0.2, 0) is 4.79 Å². The molecule has 1 aliphatic carbocycles. The van der Waals surface area contributed by atoms with Crippen molar-refractivity contribution in [1.82, 2.24) is 10.2 Å². The van der Waals surface area contributed by atoms with Crippen molar-refractivity contribution >= 4 is 23.1 Å². The summed E-state index contributed by atoms with van der Waals surface area (Å²) in [6, 6.07) is 0. The molecule has 0 aromatic rings. The number of nitrogens with one attached hydrogen (secondary N) is 1. The SMILES string of the molecule is NC(=S)C1CCCN(CC(=O)NCC2CC2)C1. The van der Waals surface area contributed by atoms with Gasteiger partial charge in [-0.25, -0.2) is 0 Å². The third-order valence-electron chi connectivity index (χ3n) is 3.56. The number of rotatable bonds is 5. The second-order valence-electron chi connectivity index (χ2n) is 5.22. The van der Waals surface area contributed by atoms with E-state index in [4.69, 9.17) is 18.0 Å². The first-order chi connectivity index (χ1) is 8.15. The van der Waals surface area contributed by atoms with Crippen molar-refractivity contribution in [3.63, 3.8) is 0 Å². The largest absolute Gasteiger partial charge is 0.393 e. The number of amides is 1. The topological polar surface area (TPSA) is 58.4 Å². The molecule has 1 saturated carbocycles. The lowest BCUT2D eigenvalue weighted by Crippen LogP contribution is -2.45. The van der Waals surface area contributed by atoms with Gasteiger partial charge in [0.25, 0.3) is 0 Å². The number of thiocarbonyl (C=S) groups is 1. The Bertz CT molecular complexity index is 304. The molecular weight excluding hydrogens is 234 g/mol. The Morgan fingerprint density at radius 3 is 2.82 bits per heavy atom. The normalized spacial score (nSPS) is 25.5. The number of carbonyl (C=O) groups excluding carboxylic acids is 1. The van der Waals surface area contributed by atoms with Gasteiger partial charge < -0.3 is 11.1 Å². The summed E-state index contributed by atoms with van der Waals surface area (Å²) in [4.78, 5) is 14.5. The average molecular weight is 255 g/mol. The van der Waals surface area contributed by atoms with Crippen LogP contribution in [0.15, 0.2) is 0 Å². The highest BCUT2D eigenvalue weighted by Crippen LogP contribution is 2.27. The van der Waals surface area contributed by atoms with E-state index in [1.807, 2.05) is 0 Å². The van der Waals surface area contributed by atoms with Gasteiger partial charge in [-0.2, -0.15) is 0 Å². The Balaban J connectivity index is 1.69. The van der Waals surface area contributed by atoms with Crippen LogP contribution in [0.3, 0.4) is 0 Å². The smallest absolute Gasteiger partial charge is 0.234 e. The summed E-state index contributed by atoms with van der Waals surface area (Å²) in [6.07, 6.45) is 4.69. The Morgan fingerprint density at radius 1 is 1.41 bits per heavy atom. The first-order valence-electron chi connectivity index (χ1n) is 6.43. The van der Waals surface area contributed by atoms with Crippen LogP contribution in [0.5, 0.6) is 0 Å².